The zero-order chi connectivity index (χ0) is 10.6. The molecule has 0 bridgehead atoms. The van der Waals surface area contributed by atoms with E-state index in [-0.39, 0.29) is 6.42 Å². The van der Waals surface area contributed by atoms with E-state index in [1.165, 1.54) is 6.92 Å². The second-order valence-corrected chi connectivity index (χ2v) is 3.17. The van der Waals surface area contributed by atoms with Crippen molar-refractivity contribution in [3.05, 3.63) is 0 Å². The Hall–Kier alpha value is -1.04. The van der Waals surface area contributed by atoms with Crippen molar-refractivity contribution in [2.24, 2.45) is 11.8 Å². The second kappa shape index (κ2) is 4.86. The van der Waals surface area contributed by atoms with Crippen molar-refractivity contribution in [1.82, 2.24) is 0 Å². The van der Waals surface area contributed by atoms with Crippen LogP contribution in [-0.4, -0.2) is 27.3 Å². The molecule has 0 saturated carbocycles. The van der Waals surface area contributed by atoms with Crippen LogP contribution in [0.25, 0.3) is 0 Å². The molecule has 0 aliphatic heterocycles. The molecule has 0 heterocycles. The highest BCUT2D eigenvalue weighted by molar-refractivity contribution is 7.96. The SMILES string of the molecule is CC(C(=O)O)C(CC(=O)S)C(=O)O. The first-order valence-corrected chi connectivity index (χ1v) is 3.98. The Morgan fingerprint density at radius 3 is 1.92 bits per heavy atom. The highest BCUT2D eigenvalue weighted by Crippen LogP contribution is 2.17. The summed E-state index contributed by atoms with van der Waals surface area (Å²) in [6, 6.07) is 0. The number of carboxylic acids is 2. The summed E-state index contributed by atoms with van der Waals surface area (Å²) in [6.07, 6.45) is -0.369. The Labute approximate surface area is 80.2 Å². The lowest BCUT2D eigenvalue weighted by Gasteiger charge is -2.13. The van der Waals surface area contributed by atoms with E-state index in [0.717, 1.165) is 0 Å². The van der Waals surface area contributed by atoms with Gasteiger partial charge in [0.2, 0.25) is 0 Å². The second-order valence-electron chi connectivity index (χ2n) is 2.67. The van der Waals surface area contributed by atoms with Gasteiger partial charge in [0.1, 0.15) is 0 Å². The average molecular weight is 206 g/mol. The number of hydrogen-bond donors (Lipinski definition) is 3. The van der Waals surface area contributed by atoms with Gasteiger partial charge < -0.3 is 10.2 Å². The van der Waals surface area contributed by atoms with E-state index < -0.39 is 28.9 Å². The molecule has 0 spiro atoms. The maximum absolute atomic E-state index is 10.5. The Kier molecular flexibility index (Phi) is 4.47. The van der Waals surface area contributed by atoms with E-state index in [2.05, 4.69) is 12.6 Å². The number of hydrogen-bond acceptors (Lipinski definition) is 3. The largest absolute Gasteiger partial charge is 0.481 e. The number of carbonyl (C=O) groups excluding carboxylic acids is 1. The predicted molar refractivity (Wildman–Crippen MR) is 46.5 cm³/mol. The van der Waals surface area contributed by atoms with Crippen molar-refractivity contribution < 1.29 is 24.6 Å². The van der Waals surface area contributed by atoms with Crippen LogP contribution in [0, 0.1) is 11.8 Å². The fourth-order valence-electron chi connectivity index (χ4n) is 0.838. The molecule has 0 fully saturated rings. The van der Waals surface area contributed by atoms with Crippen molar-refractivity contribution in [3.8, 4) is 0 Å². The van der Waals surface area contributed by atoms with Gasteiger partial charge in [0, 0.05) is 6.42 Å². The van der Waals surface area contributed by atoms with Crippen LogP contribution in [-0.2, 0) is 14.4 Å². The smallest absolute Gasteiger partial charge is 0.307 e. The molecule has 5 nitrogen and oxygen atoms in total. The number of rotatable bonds is 5. The van der Waals surface area contributed by atoms with Gasteiger partial charge in [-0.3, -0.25) is 14.4 Å². The summed E-state index contributed by atoms with van der Waals surface area (Å²) in [5.41, 5.74) is 0. The summed E-state index contributed by atoms with van der Waals surface area (Å²) in [6.45, 7) is 1.25. The van der Waals surface area contributed by atoms with E-state index in [1.54, 1.807) is 0 Å². The quantitative estimate of drug-likeness (QED) is 0.561. The van der Waals surface area contributed by atoms with E-state index in [9.17, 15) is 14.4 Å². The molecule has 0 rings (SSSR count). The van der Waals surface area contributed by atoms with Gasteiger partial charge in [-0.25, -0.2) is 0 Å². The molecule has 0 aromatic rings. The summed E-state index contributed by atoms with van der Waals surface area (Å²) in [5, 5.41) is 16.5. The zero-order valence-electron chi connectivity index (χ0n) is 6.93. The summed E-state index contributed by atoms with van der Waals surface area (Å²) in [7, 11) is 0. The van der Waals surface area contributed by atoms with Gasteiger partial charge in [-0.2, -0.15) is 0 Å². The minimum Gasteiger partial charge on any atom is -0.481 e. The molecule has 0 radical (unpaired) electrons. The fraction of sp³-hybridized carbons (Fsp3) is 0.571. The molecule has 0 aliphatic rings. The lowest BCUT2D eigenvalue weighted by molar-refractivity contribution is -0.153. The standard InChI is InChI=1S/C7H10O5S/c1-3(6(9)10)4(7(11)12)2-5(8)13/h3-4H,2H2,1H3,(H,8,13)(H,9,10)(H,11,12). The third-order valence-corrected chi connectivity index (χ3v) is 1.89. The topological polar surface area (TPSA) is 91.7 Å². The van der Waals surface area contributed by atoms with Gasteiger partial charge in [-0.05, 0) is 0 Å². The van der Waals surface area contributed by atoms with E-state index in [4.69, 9.17) is 10.2 Å². The Morgan fingerprint density at radius 2 is 1.69 bits per heavy atom. The van der Waals surface area contributed by atoms with Gasteiger partial charge in [0.25, 0.3) is 0 Å². The highest BCUT2D eigenvalue weighted by Gasteiger charge is 2.30. The molecular weight excluding hydrogens is 196 g/mol. The van der Waals surface area contributed by atoms with Crippen LogP contribution in [0.2, 0.25) is 0 Å². The van der Waals surface area contributed by atoms with Gasteiger partial charge in [-0.15, -0.1) is 12.6 Å². The monoisotopic (exact) mass is 206 g/mol. The molecular formula is C7H10O5S. The molecule has 2 N–H and O–H groups in total. The average Bonchev–Trinajstić information content (AvgIpc) is 1.97. The Bertz CT molecular complexity index is 237. The predicted octanol–water partition coefficient (Wildman–Crippen LogP) is 0.254. The molecule has 0 saturated heterocycles. The van der Waals surface area contributed by atoms with Crippen LogP contribution in [0.3, 0.4) is 0 Å². The van der Waals surface area contributed by atoms with Gasteiger partial charge in [-0.1, -0.05) is 6.92 Å². The maximum atomic E-state index is 10.5. The van der Waals surface area contributed by atoms with Crippen LogP contribution in [0.4, 0.5) is 0 Å². The molecule has 0 aliphatic carbocycles. The maximum Gasteiger partial charge on any atom is 0.307 e. The number of thiol groups is 1. The first kappa shape index (κ1) is 12.0. The van der Waals surface area contributed by atoms with Gasteiger partial charge in [0.05, 0.1) is 11.8 Å². The number of carboxylic acid groups (broad SMARTS) is 2. The summed E-state index contributed by atoms with van der Waals surface area (Å²) in [5.74, 6) is -4.82. The highest BCUT2D eigenvalue weighted by atomic mass is 32.1. The molecule has 6 heteroatoms. The van der Waals surface area contributed by atoms with Crippen LogP contribution >= 0.6 is 12.6 Å². The van der Waals surface area contributed by atoms with Crippen molar-refractivity contribution in [1.29, 1.82) is 0 Å². The van der Waals surface area contributed by atoms with Crippen LogP contribution in [0.1, 0.15) is 13.3 Å². The minimum absolute atomic E-state index is 0.369. The van der Waals surface area contributed by atoms with E-state index in [1.807, 2.05) is 0 Å². The molecule has 74 valence electrons. The van der Waals surface area contributed by atoms with E-state index in [0.29, 0.717) is 0 Å². The summed E-state index contributed by atoms with van der Waals surface area (Å²) in [4.78, 5) is 31.5. The Balaban J connectivity index is 4.51. The van der Waals surface area contributed by atoms with Crippen molar-refractivity contribution in [3.63, 3.8) is 0 Å². The summed E-state index contributed by atoms with van der Waals surface area (Å²) < 4.78 is 0. The molecule has 0 aromatic heterocycles. The number of aliphatic carboxylic acids is 2. The van der Waals surface area contributed by atoms with Crippen LogP contribution in [0.5, 0.6) is 0 Å². The first-order chi connectivity index (χ1) is 5.86. The van der Waals surface area contributed by atoms with Crippen molar-refractivity contribution in [2.45, 2.75) is 13.3 Å². The van der Waals surface area contributed by atoms with Crippen LogP contribution < -0.4 is 0 Å². The normalized spacial score (nSPS) is 14.6. The third kappa shape index (κ3) is 3.93. The fourth-order valence-corrected chi connectivity index (χ4v) is 1.03. The first-order valence-electron chi connectivity index (χ1n) is 3.53. The molecule has 2 unspecified atom stereocenters. The van der Waals surface area contributed by atoms with Gasteiger partial charge in [0.15, 0.2) is 5.12 Å². The molecule has 0 aromatic carbocycles. The Morgan fingerprint density at radius 1 is 1.23 bits per heavy atom. The lowest BCUT2D eigenvalue weighted by atomic mass is 9.92. The minimum atomic E-state index is -1.29. The molecule has 13 heavy (non-hydrogen) atoms. The summed E-state index contributed by atoms with van der Waals surface area (Å²) >= 11 is 3.40. The third-order valence-electron chi connectivity index (χ3n) is 1.70. The number of carbonyl (C=O) groups is 3. The zero-order valence-corrected chi connectivity index (χ0v) is 7.82. The lowest BCUT2D eigenvalue weighted by Crippen LogP contribution is -2.28. The van der Waals surface area contributed by atoms with E-state index >= 15 is 0 Å². The van der Waals surface area contributed by atoms with Gasteiger partial charge >= 0.3 is 11.9 Å². The molecule has 2 atom stereocenters. The van der Waals surface area contributed by atoms with Crippen LogP contribution in [0.15, 0.2) is 0 Å². The van der Waals surface area contributed by atoms with Crippen molar-refractivity contribution >= 4 is 29.7 Å². The van der Waals surface area contributed by atoms with Crippen molar-refractivity contribution in [2.75, 3.05) is 0 Å². The molecule has 0 amide bonds.